The number of methoxy groups -OCH3 is 1. The van der Waals surface area contributed by atoms with Crippen LogP contribution in [0.1, 0.15) is 33.8 Å². The first kappa shape index (κ1) is 24.8. The molecule has 1 atom stereocenters. The number of hydrogen-bond acceptors (Lipinski definition) is 6. The fourth-order valence-corrected chi connectivity index (χ4v) is 5.96. The van der Waals surface area contributed by atoms with Gasteiger partial charge < -0.3 is 18.6 Å². The van der Waals surface area contributed by atoms with Gasteiger partial charge >= 0.3 is 0 Å². The summed E-state index contributed by atoms with van der Waals surface area (Å²) in [5.74, 6) is 2.08. The van der Waals surface area contributed by atoms with Crippen molar-refractivity contribution >= 4 is 10.9 Å². The predicted molar refractivity (Wildman–Crippen MR) is 156 cm³/mol. The van der Waals surface area contributed by atoms with E-state index >= 15 is 0 Å². The summed E-state index contributed by atoms with van der Waals surface area (Å²) >= 11 is 0. The molecule has 3 aromatic heterocycles. The van der Waals surface area contributed by atoms with Gasteiger partial charge in [-0.15, -0.1) is 0 Å². The first-order chi connectivity index (χ1) is 20.0. The van der Waals surface area contributed by atoms with Crippen LogP contribution in [-0.2, 0) is 12.1 Å². The summed E-state index contributed by atoms with van der Waals surface area (Å²) in [5, 5.41) is 5.02. The zero-order valence-electron chi connectivity index (χ0n) is 22.9. The third-order valence-electron chi connectivity index (χ3n) is 7.85. The smallest absolute Gasteiger partial charge is 0.259 e. The molecule has 1 aliphatic heterocycles. The van der Waals surface area contributed by atoms with Gasteiger partial charge in [0, 0.05) is 29.0 Å². The Morgan fingerprint density at radius 3 is 2.39 bits per heavy atom. The van der Waals surface area contributed by atoms with Crippen molar-refractivity contribution < 1.29 is 14.0 Å². The number of aryl methyl sites for hydroxylation is 2. The number of rotatable bonds is 6. The zero-order valence-corrected chi connectivity index (χ0v) is 22.9. The molecule has 7 rings (SSSR count). The number of pyridine rings is 2. The summed E-state index contributed by atoms with van der Waals surface area (Å²) in [4.78, 5) is 19.1. The molecule has 0 fully saturated rings. The number of ether oxygens (including phenoxy) is 2. The van der Waals surface area contributed by atoms with Crippen LogP contribution in [0.2, 0.25) is 0 Å². The minimum Gasteiger partial charge on any atom is -0.496 e. The molecule has 0 radical (unpaired) electrons. The SMILES string of the molecule is COc1cc2c(cc1-c1c(C)noc1C)cc(C1(c3ccccc3)Oc3ccccc31)c(=O)n2Cc1ccccn1. The third kappa shape index (κ3) is 3.77. The average molecular weight is 542 g/mol. The molecule has 1 unspecified atom stereocenters. The van der Waals surface area contributed by atoms with Gasteiger partial charge in [0.25, 0.3) is 5.56 Å². The molecule has 0 saturated heterocycles. The highest BCUT2D eigenvalue weighted by Crippen LogP contribution is 2.52. The van der Waals surface area contributed by atoms with Gasteiger partial charge in [0.15, 0.2) is 5.60 Å². The lowest BCUT2D eigenvalue weighted by molar-refractivity contribution is 0.0944. The van der Waals surface area contributed by atoms with Gasteiger partial charge in [-0.05, 0) is 49.6 Å². The van der Waals surface area contributed by atoms with Crippen LogP contribution in [0, 0.1) is 13.8 Å². The van der Waals surface area contributed by atoms with Gasteiger partial charge in [-0.25, -0.2) is 0 Å². The van der Waals surface area contributed by atoms with Crippen LogP contribution in [0.5, 0.6) is 11.5 Å². The first-order valence-electron chi connectivity index (χ1n) is 13.4. The Morgan fingerprint density at radius 1 is 0.902 bits per heavy atom. The van der Waals surface area contributed by atoms with E-state index in [0.29, 0.717) is 17.1 Å². The molecular formula is C34H27N3O4. The zero-order chi connectivity index (χ0) is 28.1. The lowest BCUT2D eigenvalue weighted by atomic mass is 9.76. The van der Waals surface area contributed by atoms with E-state index in [2.05, 4.69) is 10.1 Å². The Bertz CT molecular complexity index is 1960. The van der Waals surface area contributed by atoms with Crippen LogP contribution in [0.4, 0.5) is 0 Å². The van der Waals surface area contributed by atoms with Crippen LogP contribution < -0.4 is 15.0 Å². The summed E-state index contributed by atoms with van der Waals surface area (Å²) in [6.45, 7) is 4.08. The number of fused-ring (bicyclic) bond motifs is 2. The van der Waals surface area contributed by atoms with Gasteiger partial charge in [0.05, 0.1) is 41.7 Å². The molecule has 0 N–H and O–H groups in total. The standard InChI is InChI=1S/C34H27N3O4/c1-21-32(22(2)41-36-21)26-17-23-18-28(34(24-11-5-4-6-12-24)27-14-7-8-15-30(27)40-34)33(38)37(29(23)19-31(26)39-3)20-25-13-9-10-16-35-25/h4-19H,20H2,1-3H3. The van der Waals surface area contributed by atoms with Crippen molar-refractivity contribution in [3.8, 4) is 22.6 Å². The van der Waals surface area contributed by atoms with Crippen LogP contribution >= 0.6 is 0 Å². The second-order valence-electron chi connectivity index (χ2n) is 10.2. The normalized spacial score (nSPS) is 15.7. The maximum atomic E-state index is 14.6. The summed E-state index contributed by atoms with van der Waals surface area (Å²) in [6, 6.07) is 29.4. The minimum atomic E-state index is -1.06. The molecule has 0 spiro atoms. The summed E-state index contributed by atoms with van der Waals surface area (Å²) in [7, 11) is 1.63. The van der Waals surface area contributed by atoms with Crippen LogP contribution in [0.15, 0.2) is 107 Å². The van der Waals surface area contributed by atoms with Gasteiger partial charge in [-0.1, -0.05) is 59.8 Å². The molecule has 6 aromatic rings. The van der Waals surface area contributed by atoms with Crippen LogP contribution in [-0.4, -0.2) is 21.8 Å². The summed E-state index contributed by atoms with van der Waals surface area (Å²) in [6.07, 6.45) is 1.74. The second-order valence-corrected chi connectivity index (χ2v) is 10.2. The maximum Gasteiger partial charge on any atom is 0.259 e. The van der Waals surface area contributed by atoms with Gasteiger partial charge in [-0.2, -0.15) is 0 Å². The van der Waals surface area contributed by atoms with E-state index in [0.717, 1.165) is 50.3 Å². The predicted octanol–water partition coefficient (Wildman–Crippen LogP) is 6.41. The Kier molecular flexibility index (Phi) is 5.75. The van der Waals surface area contributed by atoms with Crippen LogP contribution in [0.3, 0.4) is 0 Å². The van der Waals surface area contributed by atoms with Gasteiger partial charge in [0.2, 0.25) is 0 Å². The van der Waals surface area contributed by atoms with Gasteiger partial charge in [-0.3, -0.25) is 9.78 Å². The number of hydrogen-bond donors (Lipinski definition) is 0. The monoisotopic (exact) mass is 541 g/mol. The molecule has 7 nitrogen and oxygen atoms in total. The number of para-hydroxylation sites is 1. The third-order valence-corrected chi connectivity index (χ3v) is 7.85. The first-order valence-corrected chi connectivity index (χ1v) is 13.4. The Balaban J connectivity index is 1.57. The summed E-state index contributed by atoms with van der Waals surface area (Å²) < 4.78 is 19.7. The largest absolute Gasteiger partial charge is 0.496 e. The maximum absolute atomic E-state index is 14.6. The number of benzene rings is 3. The molecule has 41 heavy (non-hydrogen) atoms. The van der Waals surface area contributed by atoms with Crippen LogP contribution in [0.25, 0.3) is 22.0 Å². The van der Waals surface area contributed by atoms with E-state index in [-0.39, 0.29) is 12.1 Å². The van der Waals surface area contributed by atoms with E-state index in [1.165, 1.54) is 0 Å². The lowest BCUT2D eigenvalue weighted by Crippen LogP contribution is -2.48. The molecule has 1 aliphatic rings. The van der Waals surface area contributed by atoms with Crippen molar-refractivity contribution in [3.05, 3.63) is 141 Å². The summed E-state index contributed by atoms with van der Waals surface area (Å²) in [5.41, 5.74) is 5.12. The van der Waals surface area contributed by atoms with E-state index in [1.807, 2.05) is 105 Å². The van der Waals surface area contributed by atoms with E-state index in [1.54, 1.807) is 17.9 Å². The van der Waals surface area contributed by atoms with E-state index < -0.39 is 5.60 Å². The molecule has 4 heterocycles. The quantitative estimate of drug-likeness (QED) is 0.242. The second kappa shape index (κ2) is 9.48. The van der Waals surface area contributed by atoms with Crippen molar-refractivity contribution in [2.24, 2.45) is 0 Å². The molecule has 0 amide bonds. The van der Waals surface area contributed by atoms with Crippen molar-refractivity contribution in [3.63, 3.8) is 0 Å². The highest BCUT2D eigenvalue weighted by Gasteiger charge is 2.50. The lowest BCUT2D eigenvalue weighted by Gasteiger charge is -2.44. The molecule has 0 saturated carbocycles. The molecule has 0 aliphatic carbocycles. The topological polar surface area (TPSA) is 79.4 Å². The number of nitrogens with zero attached hydrogens (tertiary/aromatic N) is 3. The minimum absolute atomic E-state index is 0.159. The molecular weight excluding hydrogens is 514 g/mol. The Labute approximate surface area is 236 Å². The molecule has 0 bridgehead atoms. The average Bonchev–Trinajstić information content (AvgIpc) is 3.33. The molecule has 202 valence electrons. The van der Waals surface area contributed by atoms with Crippen molar-refractivity contribution in [1.82, 2.24) is 14.7 Å². The fraction of sp³-hybridized carbons (Fsp3) is 0.147. The Morgan fingerprint density at radius 2 is 1.68 bits per heavy atom. The van der Waals surface area contributed by atoms with E-state index in [4.69, 9.17) is 14.0 Å². The van der Waals surface area contributed by atoms with Crippen molar-refractivity contribution in [1.29, 1.82) is 0 Å². The molecule has 3 aromatic carbocycles. The molecule has 7 heteroatoms. The van der Waals surface area contributed by atoms with Crippen molar-refractivity contribution in [2.45, 2.75) is 26.0 Å². The van der Waals surface area contributed by atoms with Crippen molar-refractivity contribution in [2.75, 3.05) is 7.11 Å². The van der Waals surface area contributed by atoms with E-state index in [9.17, 15) is 4.79 Å². The highest BCUT2D eigenvalue weighted by molar-refractivity contribution is 5.90. The highest BCUT2D eigenvalue weighted by atomic mass is 16.5. The Hall–Kier alpha value is -5.17. The fourth-order valence-electron chi connectivity index (χ4n) is 5.96. The van der Waals surface area contributed by atoms with Gasteiger partial charge in [0.1, 0.15) is 17.3 Å². The number of aromatic nitrogens is 3.